The summed E-state index contributed by atoms with van der Waals surface area (Å²) < 4.78 is 38.8. The lowest BCUT2D eigenvalue weighted by Gasteiger charge is -2.26. The summed E-state index contributed by atoms with van der Waals surface area (Å²) >= 11 is 0. The largest absolute Gasteiger partial charge is 0.495 e. The van der Waals surface area contributed by atoms with Gasteiger partial charge in [0, 0.05) is 13.1 Å². The highest BCUT2D eigenvalue weighted by atomic mass is 32.2. The minimum Gasteiger partial charge on any atom is -0.495 e. The van der Waals surface area contributed by atoms with Gasteiger partial charge in [0.2, 0.25) is 15.9 Å². The van der Waals surface area contributed by atoms with E-state index in [9.17, 15) is 13.2 Å². The highest BCUT2D eigenvalue weighted by Crippen LogP contribution is 2.31. The number of anilines is 2. The number of benzene rings is 2. The number of rotatable bonds is 9. The molecule has 0 atom stereocenters. The zero-order valence-corrected chi connectivity index (χ0v) is 19.6. The summed E-state index contributed by atoms with van der Waals surface area (Å²) in [6, 6.07) is 11.9. The van der Waals surface area contributed by atoms with Crippen LogP contribution in [-0.4, -0.2) is 51.5 Å². The van der Waals surface area contributed by atoms with Crippen molar-refractivity contribution in [3.63, 3.8) is 0 Å². The van der Waals surface area contributed by atoms with Gasteiger partial charge in [0.25, 0.3) is 0 Å². The minimum absolute atomic E-state index is 0.0697. The SMILES string of the molecule is COc1ccccc1NC(=O)CNc1cc(S(=O)(=O)N2CCCCC2)ccc1OC(C)C. The lowest BCUT2D eigenvalue weighted by Crippen LogP contribution is -2.35. The number of ether oxygens (including phenoxy) is 2. The van der Waals surface area contributed by atoms with Gasteiger partial charge in [-0.1, -0.05) is 18.6 Å². The summed E-state index contributed by atoms with van der Waals surface area (Å²) in [5.74, 6) is 0.747. The van der Waals surface area contributed by atoms with Crippen LogP contribution < -0.4 is 20.1 Å². The van der Waals surface area contributed by atoms with E-state index >= 15 is 0 Å². The van der Waals surface area contributed by atoms with Crippen molar-refractivity contribution in [3.05, 3.63) is 42.5 Å². The minimum atomic E-state index is -3.61. The number of hydrogen-bond acceptors (Lipinski definition) is 6. The first-order valence-corrected chi connectivity index (χ1v) is 12.2. The molecule has 0 radical (unpaired) electrons. The fourth-order valence-electron chi connectivity index (χ4n) is 3.54. The van der Waals surface area contributed by atoms with Crippen molar-refractivity contribution in [2.45, 2.75) is 44.1 Å². The number of hydrogen-bond donors (Lipinski definition) is 2. The van der Waals surface area contributed by atoms with Crippen LogP contribution in [0.1, 0.15) is 33.1 Å². The molecule has 1 aliphatic rings. The van der Waals surface area contributed by atoms with Crippen LogP contribution >= 0.6 is 0 Å². The fourth-order valence-corrected chi connectivity index (χ4v) is 5.08. The lowest BCUT2D eigenvalue weighted by atomic mass is 10.2. The van der Waals surface area contributed by atoms with Gasteiger partial charge < -0.3 is 20.1 Å². The van der Waals surface area contributed by atoms with Crippen LogP contribution in [0, 0.1) is 0 Å². The van der Waals surface area contributed by atoms with Crippen LogP contribution in [0.2, 0.25) is 0 Å². The Balaban J connectivity index is 1.78. The molecule has 1 aliphatic heterocycles. The first-order valence-electron chi connectivity index (χ1n) is 10.8. The van der Waals surface area contributed by atoms with Gasteiger partial charge in [-0.2, -0.15) is 4.31 Å². The molecule has 0 spiro atoms. The van der Waals surface area contributed by atoms with Crippen molar-refractivity contribution in [2.75, 3.05) is 37.4 Å². The third-order valence-electron chi connectivity index (χ3n) is 5.09. The van der Waals surface area contributed by atoms with E-state index in [1.54, 1.807) is 30.3 Å². The molecule has 2 N–H and O–H groups in total. The summed E-state index contributed by atoms with van der Waals surface area (Å²) in [5, 5.41) is 5.83. The predicted octanol–water partition coefficient (Wildman–Crippen LogP) is 3.71. The summed E-state index contributed by atoms with van der Waals surface area (Å²) in [4.78, 5) is 12.7. The molecule has 0 unspecified atom stereocenters. The van der Waals surface area contributed by atoms with E-state index in [-0.39, 0.29) is 23.5 Å². The van der Waals surface area contributed by atoms with E-state index in [2.05, 4.69) is 10.6 Å². The number of amides is 1. The molecule has 32 heavy (non-hydrogen) atoms. The molecule has 1 heterocycles. The smallest absolute Gasteiger partial charge is 0.243 e. The number of piperidine rings is 1. The molecule has 3 rings (SSSR count). The quantitative estimate of drug-likeness (QED) is 0.591. The zero-order chi connectivity index (χ0) is 23.1. The molecular formula is C23H31N3O5S. The summed E-state index contributed by atoms with van der Waals surface area (Å²) in [6.07, 6.45) is 2.66. The molecule has 9 heteroatoms. The van der Waals surface area contributed by atoms with E-state index in [0.717, 1.165) is 19.3 Å². The van der Waals surface area contributed by atoms with E-state index in [0.29, 0.717) is 36.0 Å². The highest BCUT2D eigenvalue weighted by molar-refractivity contribution is 7.89. The lowest BCUT2D eigenvalue weighted by molar-refractivity contribution is -0.114. The molecule has 0 aliphatic carbocycles. The summed E-state index contributed by atoms with van der Waals surface area (Å²) in [5.41, 5.74) is 1.01. The maximum atomic E-state index is 13.1. The molecule has 174 valence electrons. The van der Waals surface area contributed by atoms with Crippen molar-refractivity contribution in [1.29, 1.82) is 0 Å². The fraction of sp³-hybridized carbons (Fsp3) is 0.435. The molecule has 1 fully saturated rings. The normalized spacial score (nSPS) is 14.8. The Hall–Kier alpha value is -2.78. The average Bonchev–Trinajstić information content (AvgIpc) is 2.79. The second kappa shape index (κ2) is 10.7. The van der Waals surface area contributed by atoms with Crippen LogP contribution in [0.15, 0.2) is 47.4 Å². The molecule has 8 nitrogen and oxygen atoms in total. The Kier molecular flexibility index (Phi) is 7.98. The third kappa shape index (κ3) is 5.92. The monoisotopic (exact) mass is 461 g/mol. The van der Waals surface area contributed by atoms with Gasteiger partial charge in [-0.25, -0.2) is 8.42 Å². The topological polar surface area (TPSA) is 97.0 Å². The van der Waals surface area contributed by atoms with Gasteiger partial charge in [-0.3, -0.25) is 4.79 Å². The number of nitrogens with one attached hydrogen (secondary N) is 2. The maximum Gasteiger partial charge on any atom is 0.243 e. The number of carbonyl (C=O) groups excluding carboxylic acids is 1. The van der Waals surface area contributed by atoms with Crippen LogP contribution in [0.25, 0.3) is 0 Å². The molecule has 2 aromatic carbocycles. The van der Waals surface area contributed by atoms with Gasteiger partial charge in [-0.15, -0.1) is 0 Å². The van der Waals surface area contributed by atoms with E-state index in [1.165, 1.54) is 17.5 Å². The molecule has 0 bridgehead atoms. The van der Waals surface area contributed by atoms with Crippen molar-refractivity contribution in [3.8, 4) is 11.5 Å². The number of carbonyl (C=O) groups is 1. The van der Waals surface area contributed by atoms with Gasteiger partial charge in [0.15, 0.2) is 0 Å². The second-order valence-electron chi connectivity index (χ2n) is 7.89. The van der Waals surface area contributed by atoms with E-state index < -0.39 is 10.0 Å². The van der Waals surface area contributed by atoms with Crippen molar-refractivity contribution in [2.24, 2.45) is 0 Å². The van der Waals surface area contributed by atoms with Gasteiger partial charge in [0.1, 0.15) is 11.5 Å². The van der Waals surface area contributed by atoms with Crippen LogP contribution in [0.4, 0.5) is 11.4 Å². The van der Waals surface area contributed by atoms with Crippen molar-refractivity contribution < 1.29 is 22.7 Å². The van der Waals surface area contributed by atoms with Crippen LogP contribution in [0.3, 0.4) is 0 Å². The number of methoxy groups -OCH3 is 1. The van der Waals surface area contributed by atoms with Gasteiger partial charge in [0.05, 0.1) is 36.0 Å². The Morgan fingerprint density at radius 1 is 1.03 bits per heavy atom. The Labute approximate surface area is 190 Å². The molecule has 1 saturated heterocycles. The summed E-state index contributed by atoms with van der Waals surface area (Å²) in [6.45, 7) is 4.75. The number of sulfonamides is 1. The zero-order valence-electron chi connectivity index (χ0n) is 18.8. The van der Waals surface area contributed by atoms with E-state index in [4.69, 9.17) is 9.47 Å². The van der Waals surface area contributed by atoms with Crippen LogP contribution in [0.5, 0.6) is 11.5 Å². The van der Waals surface area contributed by atoms with Crippen LogP contribution in [-0.2, 0) is 14.8 Å². The maximum absolute atomic E-state index is 13.1. The molecule has 0 saturated carbocycles. The average molecular weight is 462 g/mol. The number of nitrogens with zero attached hydrogens (tertiary/aromatic N) is 1. The predicted molar refractivity (Wildman–Crippen MR) is 125 cm³/mol. The number of para-hydroxylation sites is 2. The molecule has 1 amide bonds. The van der Waals surface area contributed by atoms with Gasteiger partial charge >= 0.3 is 0 Å². The first kappa shape index (κ1) is 23.9. The molecular weight excluding hydrogens is 430 g/mol. The van der Waals surface area contributed by atoms with Gasteiger partial charge in [-0.05, 0) is 57.0 Å². The molecule has 0 aromatic heterocycles. The summed E-state index contributed by atoms with van der Waals surface area (Å²) in [7, 11) is -2.07. The first-order chi connectivity index (χ1) is 15.3. The highest BCUT2D eigenvalue weighted by Gasteiger charge is 2.27. The van der Waals surface area contributed by atoms with Crippen molar-refractivity contribution in [1.82, 2.24) is 4.31 Å². The van der Waals surface area contributed by atoms with E-state index in [1.807, 2.05) is 19.9 Å². The molecule has 2 aromatic rings. The second-order valence-corrected chi connectivity index (χ2v) is 9.83. The standard InChI is InChI=1S/C23H31N3O5S/c1-17(2)31-22-12-11-18(32(28,29)26-13-7-4-8-14-26)15-20(22)24-16-23(27)25-19-9-5-6-10-21(19)30-3/h5-6,9-12,15,17,24H,4,7-8,13-14,16H2,1-3H3,(H,25,27). The third-order valence-corrected chi connectivity index (χ3v) is 6.98. The Morgan fingerprint density at radius 3 is 2.44 bits per heavy atom. The Bertz CT molecular complexity index is 1030. The van der Waals surface area contributed by atoms with Crippen molar-refractivity contribution >= 4 is 27.3 Å². The Morgan fingerprint density at radius 2 is 1.75 bits per heavy atom.